The van der Waals surface area contributed by atoms with Gasteiger partial charge in [-0.1, -0.05) is 5.16 Å². The molecule has 0 bridgehead atoms. The van der Waals surface area contributed by atoms with Gasteiger partial charge >= 0.3 is 0 Å². The second kappa shape index (κ2) is 8.31. The standard InChI is InChI=1S/C25H28N2O8/c1-10(26-35-5)13-6-7-16(29)19-14(13)8-12-9-15-20(27(3)4)22(31)17(11(2)28)23(32)25(15,34)24(33)18(12)21(19)30/h6-7,12,15,20,29,31,33-34H,8-9H2,1-5H3/b26-10+/t12-,15-,20-,25+/m0/s1. The Morgan fingerprint density at radius 3 is 2.40 bits per heavy atom. The lowest BCUT2D eigenvalue weighted by Crippen LogP contribution is -2.63. The minimum Gasteiger partial charge on any atom is -0.510 e. The molecule has 1 aromatic carbocycles. The number of phenols is 1. The predicted molar refractivity (Wildman–Crippen MR) is 124 cm³/mol. The second-order valence-corrected chi connectivity index (χ2v) is 9.50. The molecule has 0 aromatic heterocycles. The van der Waals surface area contributed by atoms with Gasteiger partial charge in [0, 0.05) is 17.1 Å². The Kier molecular flexibility index (Phi) is 5.85. The number of benzene rings is 1. The van der Waals surface area contributed by atoms with Crippen molar-refractivity contribution in [3.63, 3.8) is 0 Å². The molecule has 0 saturated heterocycles. The topological polar surface area (TPSA) is 157 Å². The number of aliphatic hydroxyl groups is 3. The van der Waals surface area contributed by atoms with E-state index in [1.54, 1.807) is 32.0 Å². The Balaban J connectivity index is 1.97. The van der Waals surface area contributed by atoms with Crippen molar-refractivity contribution >= 4 is 23.1 Å². The van der Waals surface area contributed by atoms with Gasteiger partial charge in [-0.3, -0.25) is 19.3 Å². The zero-order valence-corrected chi connectivity index (χ0v) is 20.1. The van der Waals surface area contributed by atoms with Crippen LogP contribution in [0, 0.1) is 11.8 Å². The minimum absolute atomic E-state index is 0.0504. The van der Waals surface area contributed by atoms with Crippen LogP contribution < -0.4 is 0 Å². The molecule has 0 radical (unpaired) electrons. The molecule has 4 rings (SSSR count). The van der Waals surface area contributed by atoms with E-state index in [4.69, 9.17) is 4.84 Å². The molecular formula is C25H28N2O8. The average molecular weight is 485 g/mol. The maximum atomic E-state index is 13.6. The van der Waals surface area contributed by atoms with Crippen molar-refractivity contribution in [1.29, 1.82) is 0 Å². The van der Waals surface area contributed by atoms with Gasteiger partial charge in [0.05, 0.1) is 17.3 Å². The van der Waals surface area contributed by atoms with E-state index in [-0.39, 0.29) is 29.7 Å². The Hall–Kier alpha value is -3.50. The molecule has 4 N–H and O–H groups in total. The Morgan fingerprint density at radius 1 is 1.17 bits per heavy atom. The summed E-state index contributed by atoms with van der Waals surface area (Å²) >= 11 is 0. The Bertz CT molecular complexity index is 1260. The summed E-state index contributed by atoms with van der Waals surface area (Å²) in [5, 5.41) is 48.3. The molecule has 0 unspecified atom stereocenters. The lowest BCUT2D eigenvalue weighted by atomic mass is 9.58. The number of carbonyl (C=O) groups excluding carboxylic acids is 3. The SMILES string of the molecule is CO/N=C(\C)c1ccc(O)c2c1C[C@H]1C[C@H]3[C@H](N(C)C)C(O)=C(C(C)=O)C(=O)[C@@]3(O)C(O)=C1C2=O. The highest BCUT2D eigenvalue weighted by atomic mass is 16.6. The van der Waals surface area contributed by atoms with E-state index in [0.717, 1.165) is 6.92 Å². The smallest absolute Gasteiger partial charge is 0.209 e. The van der Waals surface area contributed by atoms with Crippen molar-refractivity contribution in [1.82, 2.24) is 4.90 Å². The molecule has 0 fully saturated rings. The second-order valence-electron chi connectivity index (χ2n) is 9.50. The number of aliphatic hydroxyl groups excluding tert-OH is 2. The summed E-state index contributed by atoms with van der Waals surface area (Å²) in [5.74, 6) is -5.91. The fraction of sp³-hybridized carbons (Fsp3) is 0.440. The lowest BCUT2D eigenvalue weighted by molar-refractivity contribution is -0.148. The number of hydrogen-bond donors (Lipinski definition) is 4. The van der Waals surface area contributed by atoms with Crippen molar-refractivity contribution in [2.24, 2.45) is 17.0 Å². The molecule has 0 heterocycles. The molecule has 3 aliphatic rings. The Labute approximate surface area is 201 Å². The molecule has 3 aliphatic carbocycles. The molecule has 1 aromatic rings. The zero-order valence-electron chi connectivity index (χ0n) is 20.1. The maximum absolute atomic E-state index is 13.6. The van der Waals surface area contributed by atoms with Gasteiger partial charge in [-0.2, -0.15) is 0 Å². The molecule has 10 nitrogen and oxygen atoms in total. The third-order valence-electron chi connectivity index (χ3n) is 7.33. The van der Waals surface area contributed by atoms with Crippen molar-refractivity contribution in [3.8, 4) is 5.75 Å². The van der Waals surface area contributed by atoms with Gasteiger partial charge in [0.25, 0.3) is 0 Å². The first-order valence-electron chi connectivity index (χ1n) is 11.2. The summed E-state index contributed by atoms with van der Waals surface area (Å²) < 4.78 is 0. The minimum atomic E-state index is -2.58. The van der Waals surface area contributed by atoms with Crippen LogP contribution in [0.15, 0.2) is 40.0 Å². The predicted octanol–water partition coefficient (Wildman–Crippen LogP) is 1.59. The quantitative estimate of drug-likeness (QED) is 0.283. The van der Waals surface area contributed by atoms with Crippen LogP contribution in [0.5, 0.6) is 5.75 Å². The third-order valence-corrected chi connectivity index (χ3v) is 7.33. The van der Waals surface area contributed by atoms with Gasteiger partial charge in [-0.05, 0) is 64.4 Å². The molecule has 0 aliphatic heterocycles. The molecule has 186 valence electrons. The van der Waals surface area contributed by atoms with Gasteiger partial charge in [0.2, 0.25) is 5.78 Å². The number of Topliss-reactive ketones (excluding diaryl/α,β-unsaturated/α-hetero) is 3. The van der Waals surface area contributed by atoms with E-state index in [0.29, 0.717) is 16.8 Å². The van der Waals surface area contributed by atoms with Crippen molar-refractivity contribution in [2.75, 3.05) is 21.2 Å². The van der Waals surface area contributed by atoms with Gasteiger partial charge in [-0.25, -0.2) is 0 Å². The van der Waals surface area contributed by atoms with E-state index < -0.39 is 57.9 Å². The first-order chi connectivity index (χ1) is 16.4. The van der Waals surface area contributed by atoms with Gasteiger partial charge in [0.15, 0.2) is 17.2 Å². The first kappa shape index (κ1) is 24.6. The van der Waals surface area contributed by atoms with Crippen LogP contribution >= 0.6 is 0 Å². The van der Waals surface area contributed by atoms with Crippen molar-refractivity contribution < 1.29 is 39.6 Å². The molecule has 0 spiro atoms. The summed E-state index contributed by atoms with van der Waals surface area (Å²) in [6.07, 6.45) is 0.256. The number of aromatic hydroxyl groups is 1. The van der Waals surface area contributed by atoms with Crippen LogP contribution in [-0.4, -0.2) is 81.2 Å². The van der Waals surface area contributed by atoms with E-state index in [1.165, 1.54) is 13.2 Å². The van der Waals surface area contributed by atoms with Crippen LogP contribution in [0.25, 0.3) is 0 Å². The molecule has 4 atom stereocenters. The Morgan fingerprint density at radius 2 is 1.83 bits per heavy atom. The number of nitrogens with zero attached hydrogens (tertiary/aromatic N) is 2. The van der Waals surface area contributed by atoms with Crippen molar-refractivity contribution in [2.45, 2.75) is 38.3 Å². The number of fused-ring (bicyclic) bond motifs is 3. The van der Waals surface area contributed by atoms with Crippen LogP contribution in [-0.2, 0) is 20.8 Å². The highest BCUT2D eigenvalue weighted by Gasteiger charge is 2.63. The van der Waals surface area contributed by atoms with Crippen LogP contribution in [0.1, 0.15) is 41.8 Å². The summed E-state index contributed by atoms with van der Waals surface area (Å²) in [4.78, 5) is 45.6. The largest absolute Gasteiger partial charge is 0.510 e. The van der Waals surface area contributed by atoms with E-state index in [2.05, 4.69) is 5.16 Å². The lowest BCUT2D eigenvalue weighted by Gasteiger charge is -2.50. The number of carbonyl (C=O) groups is 3. The molecule has 35 heavy (non-hydrogen) atoms. The van der Waals surface area contributed by atoms with Crippen LogP contribution in [0.4, 0.5) is 0 Å². The number of allylic oxidation sites excluding steroid dienone is 1. The fourth-order valence-electron chi connectivity index (χ4n) is 5.88. The number of ketones is 3. The monoisotopic (exact) mass is 484 g/mol. The normalized spacial score (nSPS) is 28.7. The van der Waals surface area contributed by atoms with E-state index in [9.17, 15) is 34.8 Å². The summed E-state index contributed by atoms with van der Waals surface area (Å²) in [6, 6.07) is 1.99. The van der Waals surface area contributed by atoms with Crippen LogP contribution in [0.3, 0.4) is 0 Å². The van der Waals surface area contributed by atoms with Gasteiger partial charge in [0.1, 0.15) is 30.0 Å². The molecule has 0 amide bonds. The fourth-order valence-corrected chi connectivity index (χ4v) is 5.88. The van der Waals surface area contributed by atoms with E-state index >= 15 is 0 Å². The van der Waals surface area contributed by atoms with Crippen molar-refractivity contribution in [3.05, 3.63) is 51.5 Å². The summed E-state index contributed by atoms with van der Waals surface area (Å²) in [5.41, 5.74) is -1.85. The highest BCUT2D eigenvalue weighted by molar-refractivity contribution is 6.25. The highest BCUT2D eigenvalue weighted by Crippen LogP contribution is 2.52. The number of phenolic OH excluding ortho intramolecular Hbond substituents is 1. The number of hydrogen-bond acceptors (Lipinski definition) is 10. The van der Waals surface area contributed by atoms with E-state index in [1.807, 2.05) is 0 Å². The number of rotatable bonds is 4. The summed E-state index contributed by atoms with van der Waals surface area (Å²) in [7, 11) is 4.62. The first-order valence-corrected chi connectivity index (χ1v) is 11.2. The third kappa shape index (κ3) is 3.31. The van der Waals surface area contributed by atoms with Crippen LogP contribution in [0.2, 0.25) is 0 Å². The van der Waals surface area contributed by atoms with Gasteiger partial charge in [-0.15, -0.1) is 0 Å². The molecular weight excluding hydrogens is 456 g/mol. The summed E-state index contributed by atoms with van der Waals surface area (Å²) in [6.45, 7) is 2.78. The molecule has 10 heteroatoms. The molecule has 0 saturated carbocycles. The maximum Gasteiger partial charge on any atom is 0.209 e. The average Bonchev–Trinajstić information content (AvgIpc) is 2.76. The zero-order chi connectivity index (χ0) is 26.0. The van der Waals surface area contributed by atoms with Gasteiger partial charge < -0.3 is 25.3 Å². The number of oxime groups is 1. The number of likely N-dealkylation sites (N-methyl/N-ethyl adjacent to an activating group) is 1.